The molecule has 0 radical (unpaired) electrons. The summed E-state index contributed by atoms with van der Waals surface area (Å²) in [5, 5.41) is 14.9. The van der Waals surface area contributed by atoms with Gasteiger partial charge in [-0.15, -0.1) is 10.2 Å². The summed E-state index contributed by atoms with van der Waals surface area (Å²) < 4.78 is 11.5. The molecule has 1 atom stereocenters. The first-order chi connectivity index (χ1) is 12.2. The number of carbonyl (C=O) groups is 1. The predicted molar refractivity (Wildman–Crippen MR) is 98.9 cm³/mol. The molecule has 1 amide bonds. The molecule has 0 spiro atoms. The molecular weight excluding hydrogens is 360 g/mol. The number of carbonyl (C=O) groups excluding carboxylic acids is 1. The zero-order valence-corrected chi connectivity index (χ0v) is 15.5. The number of nitrogens with zero attached hydrogens (tertiary/aromatic N) is 2. The fraction of sp³-hybridized carbons (Fsp3) is 0.438. The Hall–Kier alpha value is -1.84. The average Bonchev–Trinajstić information content (AvgIpc) is 3.30. The number of para-hydroxylation sites is 2. The Morgan fingerprint density at radius 1 is 1.44 bits per heavy atom. The number of anilines is 2. The highest BCUT2D eigenvalue weighted by Crippen LogP contribution is 2.31. The first-order valence-corrected chi connectivity index (χ1v) is 9.79. The van der Waals surface area contributed by atoms with E-state index in [0.29, 0.717) is 17.4 Å². The van der Waals surface area contributed by atoms with Gasteiger partial charge in [0.2, 0.25) is 11.0 Å². The highest BCUT2D eigenvalue weighted by molar-refractivity contribution is 8.01. The first kappa shape index (κ1) is 18.0. The lowest BCUT2D eigenvalue weighted by molar-refractivity contribution is -0.119. The van der Waals surface area contributed by atoms with Crippen molar-refractivity contribution in [2.45, 2.75) is 23.3 Å². The van der Waals surface area contributed by atoms with Crippen molar-refractivity contribution in [2.24, 2.45) is 0 Å². The number of rotatable bonds is 8. The summed E-state index contributed by atoms with van der Waals surface area (Å²) in [4.78, 5) is 11.9. The largest absolute Gasteiger partial charge is 0.495 e. The van der Waals surface area contributed by atoms with Crippen LogP contribution in [0.4, 0.5) is 10.8 Å². The molecule has 3 rings (SSSR count). The minimum Gasteiger partial charge on any atom is -0.495 e. The van der Waals surface area contributed by atoms with E-state index in [1.165, 1.54) is 23.1 Å². The molecule has 0 unspecified atom stereocenters. The summed E-state index contributed by atoms with van der Waals surface area (Å²) in [5.74, 6) is 1.03. The molecule has 1 aliphatic rings. The molecule has 0 aliphatic carbocycles. The fourth-order valence-electron chi connectivity index (χ4n) is 2.39. The standard InChI is InChI=1S/C16H20N4O3S2/c1-22-13-7-3-2-6-12(13)18-15-19-20-16(25-15)24-10-14(21)17-9-11-5-4-8-23-11/h2-3,6-7,11H,4-5,8-10H2,1H3,(H,17,21)(H,18,19)/t11-/m0/s1. The molecule has 0 bridgehead atoms. The van der Waals surface area contributed by atoms with Gasteiger partial charge in [-0.25, -0.2) is 0 Å². The van der Waals surface area contributed by atoms with Crippen molar-refractivity contribution in [3.63, 3.8) is 0 Å². The molecule has 7 nitrogen and oxygen atoms in total. The van der Waals surface area contributed by atoms with E-state index in [4.69, 9.17) is 9.47 Å². The predicted octanol–water partition coefficient (Wildman–Crippen LogP) is 2.68. The molecular formula is C16H20N4O3S2. The maximum Gasteiger partial charge on any atom is 0.230 e. The van der Waals surface area contributed by atoms with E-state index >= 15 is 0 Å². The normalized spacial score (nSPS) is 16.6. The van der Waals surface area contributed by atoms with Crippen molar-refractivity contribution in [3.8, 4) is 5.75 Å². The summed E-state index contributed by atoms with van der Waals surface area (Å²) in [6.07, 6.45) is 2.25. The van der Waals surface area contributed by atoms with Crippen molar-refractivity contribution < 1.29 is 14.3 Å². The van der Waals surface area contributed by atoms with Crippen molar-refractivity contribution in [1.29, 1.82) is 0 Å². The Bertz CT molecular complexity index is 704. The maximum atomic E-state index is 11.9. The van der Waals surface area contributed by atoms with Gasteiger partial charge in [0.25, 0.3) is 0 Å². The third-order valence-electron chi connectivity index (χ3n) is 3.63. The van der Waals surface area contributed by atoms with Crippen LogP contribution in [0.25, 0.3) is 0 Å². The van der Waals surface area contributed by atoms with Crippen molar-refractivity contribution >= 4 is 39.8 Å². The SMILES string of the molecule is COc1ccccc1Nc1nnc(SCC(=O)NC[C@@H]2CCCO2)s1. The van der Waals surface area contributed by atoms with E-state index in [-0.39, 0.29) is 12.0 Å². The van der Waals surface area contributed by atoms with Crippen LogP contribution in [0.2, 0.25) is 0 Å². The van der Waals surface area contributed by atoms with Gasteiger partial charge in [0.1, 0.15) is 5.75 Å². The minimum absolute atomic E-state index is 0.0186. The van der Waals surface area contributed by atoms with Crippen LogP contribution in [0.3, 0.4) is 0 Å². The lowest BCUT2D eigenvalue weighted by Gasteiger charge is -2.09. The highest BCUT2D eigenvalue weighted by atomic mass is 32.2. The van der Waals surface area contributed by atoms with Gasteiger partial charge in [-0.2, -0.15) is 0 Å². The zero-order chi connectivity index (χ0) is 17.5. The van der Waals surface area contributed by atoms with Crippen LogP contribution in [0, 0.1) is 0 Å². The highest BCUT2D eigenvalue weighted by Gasteiger charge is 2.16. The number of benzene rings is 1. The molecule has 134 valence electrons. The summed E-state index contributed by atoms with van der Waals surface area (Å²) in [6, 6.07) is 7.60. The second-order valence-electron chi connectivity index (χ2n) is 5.43. The summed E-state index contributed by atoms with van der Waals surface area (Å²) in [5.41, 5.74) is 0.826. The Labute approximate surface area is 154 Å². The molecule has 1 saturated heterocycles. The Morgan fingerprint density at radius 2 is 2.32 bits per heavy atom. The second kappa shape index (κ2) is 9.02. The van der Waals surface area contributed by atoms with Crippen LogP contribution >= 0.6 is 23.1 Å². The van der Waals surface area contributed by atoms with Crippen LogP contribution in [0.1, 0.15) is 12.8 Å². The third-order valence-corrected chi connectivity index (χ3v) is 5.60. The molecule has 9 heteroatoms. The van der Waals surface area contributed by atoms with E-state index in [1.807, 2.05) is 24.3 Å². The average molecular weight is 380 g/mol. The maximum absolute atomic E-state index is 11.9. The van der Waals surface area contributed by atoms with Gasteiger partial charge in [-0.1, -0.05) is 35.2 Å². The smallest absolute Gasteiger partial charge is 0.230 e. The minimum atomic E-state index is -0.0186. The van der Waals surface area contributed by atoms with Crippen molar-refractivity contribution in [1.82, 2.24) is 15.5 Å². The number of thioether (sulfide) groups is 1. The summed E-state index contributed by atoms with van der Waals surface area (Å²) in [6.45, 7) is 1.37. The topological polar surface area (TPSA) is 85.4 Å². The molecule has 0 saturated carbocycles. The second-order valence-corrected chi connectivity index (χ2v) is 7.63. The number of hydrogen-bond acceptors (Lipinski definition) is 8. The monoisotopic (exact) mass is 380 g/mol. The summed E-state index contributed by atoms with van der Waals surface area (Å²) in [7, 11) is 1.62. The van der Waals surface area contributed by atoms with E-state index in [2.05, 4.69) is 20.8 Å². The van der Waals surface area contributed by atoms with Gasteiger partial charge in [-0.3, -0.25) is 4.79 Å². The number of aromatic nitrogens is 2. The molecule has 2 N–H and O–H groups in total. The molecule has 1 aliphatic heterocycles. The van der Waals surface area contributed by atoms with Gasteiger partial charge >= 0.3 is 0 Å². The number of amides is 1. The van der Waals surface area contributed by atoms with Crippen LogP contribution in [0.15, 0.2) is 28.6 Å². The zero-order valence-electron chi connectivity index (χ0n) is 13.9. The van der Waals surface area contributed by atoms with Crippen LogP contribution < -0.4 is 15.4 Å². The van der Waals surface area contributed by atoms with Crippen LogP contribution in [-0.2, 0) is 9.53 Å². The Morgan fingerprint density at radius 3 is 3.12 bits per heavy atom. The van der Waals surface area contributed by atoms with E-state index in [1.54, 1.807) is 7.11 Å². The van der Waals surface area contributed by atoms with Gasteiger partial charge in [0, 0.05) is 13.2 Å². The molecule has 25 heavy (non-hydrogen) atoms. The van der Waals surface area contributed by atoms with Gasteiger partial charge in [0.15, 0.2) is 4.34 Å². The van der Waals surface area contributed by atoms with Crippen molar-refractivity contribution in [2.75, 3.05) is 31.3 Å². The van der Waals surface area contributed by atoms with E-state index in [9.17, 15) is 4.79 Å². The third kappa shape index (κ3) is 5.32. The van der Waals surface area contributed by atoms with E-state index in [0.717, 1.165) is 35.2 Å². The Kier molecular flexibility index (Phi) is 6.48. The number of hydrogen-bond donors (Lipinski definition) is 2. The molecule has 2 aromatic rings. The van der Waals surface area contributed by atoms with Crippen LogP contribution in [0.5, 0.6) is 5.75 Å². The first-order valence-electron chi connectivity index (χ1n) is 7.99. The molecule has 1 fully saturated rings. The number of methoxy groups -OCH3 is 1. The quantitative estimate of drug-likeness (QED) is 0.681. The summed E-state index contributed by atoms with van der Waals surface area (Å²) >= 11 is 2.77. The Balaban J connectivity index is 1.45. The van der Waals surface area contributed by atoms with Gasteiger partial charge < -0.3 is 20.1 Å². The number of nitrogens with one attached hydrogen (secondary N) is 2. The molecule has 1 aromatic heterocycles. The van der Waals surface area contributed by atoms with Crippen molar-refractivity contribution in [3.05, 3.63) is 24.3 Å². The van der Waals surface area contributed by atoms with Gasteiger partial charge in [0.05, 0.1) is 24.7 Å². The lowest BCUT2D eigenvalue weighted by Crippen LogP contribution is -2.32. The molecule has 2 heterocycles. The molecule has 1 aromatic carbocycles. The van der Waals surface area contributed by atoms with Gasteiger partial charge in [-0.05, 0) is 25.0 Å². The van der Waals surface area contributed by atoms with E-state index < -0.39 is 0 Å². The fourth-order valence-corrected chi connectivity index (χ4v) is 3.99. The van der Waals surface area contributed by atoms with Crippen LogP contribution in [-0.4, -0.2) is 48.2 Å². The lowest BCUT2D eigenvalue weighted by atomic mass is 10.2. The number of ether oxygens (including phenoxy) is 2.